The summed E-state index contributed by atoms with van der Waals surface area (Å²) < 4.78 is 4.96. The number of rotatable bonds is 5. The number of hydrogen-bond donors (Lipinski definition) is 1. The van der Waals surface area contributed by atoms with Crippen LogP contribution in [0, 0.1) is 18.3 Å². The fraction of sp³-hybridized carbons (Fsp3) is 0.267. The number of anilines is 2. The van der Waals surface area contributed by atoms with Gasteiger partial charge in [0.05, 0.1) is 19.1 Å². The maximum absolute atomic E-state index is 11.7. The third kappa shape index (κ3) is 3.80. The first-order valence-electron chi connectivity index (χ1n) is 6.51. The number of ether oxygens (including phenoxy) is 1. The van der Waals surface area contributed by atoms with Crippen molar-refractivity contribution in [3.63, 3.8) is 0 Å². The van der Waals surface area contributed by atoms with Crippen LogP contribution in [0.3, 0.4) is 0 Å². The average molecular weight is 301 g/mol. The van der Waals surface area contributed by atoms with E-state index in [1.54, 1.807) is 6.92 Å². The quantitative estimate of drug-likeness (QED) is 0.856. The zero-order valence-corrected chi connectivity index (χ0v) is 12.7. The van der Waals surface area contributed by atoms with Gasteiger partial charge in [-0.15, -0.1) is 11.3 Å². The lowest BCUT2D eigenvalue weighted by atomic mass is 10.1. The van der Waals surface area contributed by atoms with Crippen molar-refractivity contribution in [2.75, 3.05) is 11.9 Å². The molecule has 1 heterocycles. The molecule has 0 unspecified atom stereocenters. The van der Waals surface area contributed by atoms with Gasteiger partial charge in [0.25, 0.3) is 0 Å². The zero-order valence-electron chi connectivity index (χ0n) is 11.8. The Morgan fingerprint density at radius 1 is 1.43 bits per heavy atom. The molecule has 6 heteroatoms. The monoisotopic (exact) mass is 301 g/mol. The van der Waals surface area contributed by atoms with E-state index in [1.165, 1.54) is 11.3 Å². The lowest BCUT2D eigenvalue weighted by Gasteiger charge is -2.03. The van der Waals surface area contributed by atoms with Gasteiger partial charge in [-0.1, -0.05) is 12.1 Å². The molecule has 0 aliphatic carbocycles. The molecule has 0 fully saturated rings. The van der Waals surface area contributed by atoms with E-state index in [-0.39, 0.29) is 0 Å². The highest BCUT2D eigenvalue weighted by Crippen LogP contribution is 2.26. The molecule has 2 aromatic rings. The number of aromatic nitrogens is 1. The molecule has 2 rings (SSSR count). The largest absolute Gasteiger partial charge is 0.461 e. The van der Waals surface area contributed by atoms with E-state index in [0.717, 1.165) is 16.1 Å². The number of hydrogen-bond acceptors (Lipinski definition) is 6. The molecule has 1 aromatic heterocycles. The van der Waals surface area contributed by atoms with E-state index in [9.17, 15) is 4.79 Å². The maximum atomic E-state index is 11.7. The number of benzene rings is 1. The van der Waals surface area contributed by atoms with Crippen molar-refractivity contribution in [1.29, 1.82) is 5.26 Å². The molecule has 108 valence electrons. The van der Waals surface area contributed by atoms with Gasteiger partial charge in [0.2, 0.25) is 0 Å². The molecule has 1 N–H and O–H groups in total. The van der Waals surface area contributed by atoms with Crippen molar-refractivity contribution in [3.05, 3.63) is 40.4 Å². The molecule has 0 radical (unpaired) electrons. The Balaban J connectivity index is 2.11. The van der Waals surface area contributed by atoms with Crippen LogP contribution in [0.15, 0.2) is 24.3 Å². The van der Waals surface area contributed by atoms with Crippen molar-refractivity contribution < 1.29 is 9.53 Å². The van der Waals surface area contributed by atoms with Crippen LogP contribution in [0.1, 0.15) is 27.9 Å². The summed E-state index contributed by atoms with van der Waals surface area (Å²) in [5, 5.41) is 12.4. The van der Waals surface area contributed by atoms with Gasteiger partial charge in [0.1, 0.15) is 0 Å². The molecule has 0 saturated carbocycles. The Morgan fingerprint density at radius 2 is 2.14 bits per heavy atom. The lowest BCUT2D eigenvalue weighted by Crippen LogP contribution is -2.06. The summed E-state index contributed by atoms with van der Waals surface area (Å²) in [6, 6.07) is 9.65. The van der Waals surface area contributed by atoms with Crippen molar-refractivity contribution in [2.45, 2.75) is 20.3 Å². The van der Waals surface area contributed by atoms with Gasteiger partial charge in [0, 0.05) is 10.6 Å². The number of carbonyl (C=O) groups is 1. The predicted octanol–water partition coefficient (Wildman–Crippen LogP) is 3.44. The molecular formula is C15H15N3O2S. The van der Waals surface area contributed by atoms with Crippen LogP contribution < -0.4 is 5.32 Å². The Kier molecular flexibility index (Phi) is 4.90. The van der Waals surface area contributed by atoms with Crippen LogP contribution in [0.25, 0.3) is 0 Å². The number of nitrogens with one attached hydrogen (secondary N) is 1. The van der Waals surface area contributed by atoms with Crippen molar-refractivity contribution in [3.8, 4) is 6.07 Å². The Hall–Kier alpha value is -2.39. The van der Waals surface area contributed by atoms with Crippen LogP contribution in [0.4, 0.5) is 10.8 Å². The number of carbonyl (C=O) groups excluding carboxylic acids is 1. The van der Waals surface area contributed by atoms with E-state index in [2.05, 4.69) is 16.4 Å². The number of nitrogens with zero attached hydrogens (tertiary/aromatic N) is 2. The second-order valence-corrected chi connectivity index (χ2v) is 5.50. The normalized spacial score (nSPS) is 9.95. The number of thiazole rings is 1. The van der Waals surface area contributed by atoms with Crippen LogP contribution in [-0.4, -0.2) is 17.6 Å². The smallest absolute Gasteiger partial charge is 0.358 e. The van der Waals surface area contributed by atoms with Crippen LogP contribution in [0.5, 0.6) is 0 Å². The summed E-state index contributed by atoms with van der Waals surface area (Å²) in [5.74, 6) is -0.399. The number of aryl methyl sites for hydroxylation is 1. The van der Waals surface area contributed by atoms with Gasteiger partial charge in [-0.3, -0.25) is 0 Å². The summed E-state index contributed by atoms with van der Waals surface area (Å²) in [4.78, 5) is 16.8. The standard InChI is InChI=1S/C15H15N3O2S/c1-3-20-14(19)13-10(2)21-15(18-13)17-12-6-4-11(5-7-12)8-9-16/h4-7H,3,8H2,1-2H3,(H,17,18). The van der Waals surface area contributed by atoms with Gasteiger partial charge >= 0.3 is 5.97 Å². The summed E-state index contributed by atoms with van der Waals surface area (Å²) in [6.07, 6.45) is 0.393. The Morgan fingerprint density at radius 3 is 2.76 bits per heavy atom. The minimum atomic E-state index is -0.399. The highest BCUT2D eigenvalue weighted by atomic mass is 32.1. The first kappa shape index (κ1) is 15.0. The molecule has 0 saturated heterocycles. The van der Waals surface area contributed by atoms with Crippen LogP contribution >= 0.6 is 11.3 Å². The molecule has 0 spiro atoms. The molecule has 0 bridgehead atoms. The highest BCUT2D eigenvalue weighted by Gasteiger charge is 2.16. The Labute approximate surface area is 127 Å². The first-order chi connectivity index (χ1) is 10.1. The average Bonchev–Trinajstić information content (AvgIpc) is 2.82. The topological polar surface area (TPSA) is 75.0 Å². The van der Waals surface area contributed by atoms with Crippen LogP contribution in [0.2, 0.25) is 0 Å². The number of esters is 1. The Bertz CT molecular complexity index is 671. The van der Waals surface area contributed by atoms with Gasteiger partial charge in [0.15, 0.2) is 10.8 Å². The second-order valence-electron chi connectivity index (χ2n) is 4.30. The maximum Gasteiger partial charge on any atom is 0.358 e. The molecule has 5 nitrogen and oxygen atoms in total. The van der Waals surface area contributed by atoms with Gasteiger partial charge in [-0.05, 0) is 31.5 Å². The molecule has 21 heavy (non-hydrogen) atoms. The molecule has 0 aliphatic heterocycles. The molecule has 0 atom stereocenters. The first-order valence-corrected chi connectivity index (χ1v) is 7.33. The van der Waals surface area contributed by atoms with E-state index >= 15 is 0 Å². The van der Waals surface area contributed by atoms with E-state index in [4.69, 9.17) is 10.00 Å². The van der Waals surface area contributed by atoms with E-state index in [0.29, 0.717) is 23.9 Å². The van der Waals surface area contributed by atoms with E-state index < -0.39 is 5.97 Å². The fourth-order valence-corrected chi connectivity index (χ4v) is 2.58. The third-order valence-electron chi connectivity index (χ3n) is 2.75. The molecular weight excluding hydrogens is 286 g/mol. The van der Waals surface area contributed by atoms with Crippen molar-refractivity contribution >= 4 is 28.1 Å². The molecule has 0 amide bonds. The predicted molar refractivity (Wildman–Crippen MR) is 81.8 cm³/mol. The summed E-state index contributed by atoms with van der Waals surface area (Å²) in [6.45, 7) is 3.94. The van der Waals surface area contributed by atoms with Crippen molar-refractivity contribution in [2.24, 2.45) is 0 Å². The van der Waals surface area contributed by atoms with E-state index in [1.807, 2.05) is 31.2 Å². The number of nitriles is 1. The summed E-state index contributed by atoms with van der Waals surface area (Å²) in [7, 11) is 0. The summed E-state index contributed by atoms with van der Waals surface area (Å²) >= 11 is 1.40. The second kappa shape index (κ2) is 6.86. The van der Waals surface area contributed by atoms with Gasteiger partial charge in [-0.25, -0.2) is 9.78 Å². The van der Waals surface area contributed by atoms with Gasteiger partial charge in [-0.2, -0.15) is 5.26 Å². The van der Waals surface area contributed by atoms with Gasteiger partial charge < -0.3 is 10.1 Å². The zero-order chi connectivity index (χ0) is 15.2. The minimum absolute atomic E-state index is 0.332. The fourth-order valence-electron chi connectivity index (χ4n) is 1.76. The summed E-state index contributed by atoms with van der Waals surface area (Å²) in [5.41, 5.74) is 2.18. The lowest BCUT2D eigenvalue weighted by molar-refractivity contribution is 0.0519. The third-order valence-corrected chi connectivity index (χ3v) is 3.64. The SMILES string of the molecule is CCOC(=O)c1nc(Nc2ccc(CC#N)cc2)sc1C. The van der Waals surface area contributed by atoms with Crippen molar-refractivity contribution in [1.82, 2.24) is 4.98 Å². The van der Waals surface area contributed by atoms with Crippen LogP contribution in [-0.2, 0) is 11.2 Å². The molecule has 1 aromatic carbocycles. The highest BCUT2D eigenvalue weighted by molar-refractivity contribution is 7.15. The minimum Gasteiger partial charge on any atom is -0.461 e. The molecule has 0 aliphatic rings.